The summed E-state index contributed by atoms with van der Waals surface area (Å²) in [5.41, 5.74) is 1.77. The number of aromatic nitrogens is 2. The van der Waals surface area contributed by atoms with Crippen molar-refractivity contribution in [2.45, 2.75) is 38.5 Å². The van der Waals surface area contributed by atoms with Gasteiger partial charge < -0.3 is 9.47 Å². The van der Waals surface area contributed by atoms with E-state index >= 15 is 0 Å². The topological polar surface area (TPSA) is 58.4 Å². The smallest absolute Gasteiger partial charge is 0.241 e. The summed E-state index contributed by atoms with van der Waals surface area (Å²) >= 11 is 0. The number of anilines is 2. The van der Waals surface area contributed by atoms with Crippen molar-refractivity contribution in [2.24, 2.45) is 18.9 Å². The highest BCUT2D eigenvalue weighted by Gasteiger charge is 2.41. The largest absolute Gasteiger partial charge is 0.336 e. The van der Waals surface area contributed by atoms with Gasteiger partial charge in [0, 0.05) is 32.7 Å². The molecule has 0 N–H and O–H groups in total. The van der Waals surface area contributed by atoms with Crippen LogP contribution in [-0.2, 0) is 23.1 Å². The van der Waals surface area contributed by atoms with E-state index in [1.54, 1.807) is 23.2 Å². The predicted molar refractivity (Wildman–Crippen MR) is 109 cm³/mol. The van der Waals surface area contributed by atoms with Gasteiger partial charge in [-0.3, -0.25) is 14.5 Å². The number of benzene rings is 1. The van der Waals surface area contributed by atoms with E-state index in [-0.39, 0.29) is 11.8 Å². The standard InChI is InChI=1S/C22H28N4O2/c1-24-15-23-20-19(24)13-18(21(27)25(2)17-11-7-4-8-12-17)22(28)26(20)14-16-9-5-3-6-10-16/h4,7-8,11-12,15-16,18H,3,5-6,9-10,13-14H2,1-2H3/t18-/m1/s1. The van der Waals surface area contributed by atoms with Crippen LogP contribution in [0.3, 0.4) is 0 Å². The van der Waals surface area contributed by atoms with Crippen molar-refractivity contribution in [3.8, 4) is 0 Å². The summed E-state index contributed by atoms with van der Waals surface area (Å²) < 4.78 is 1.94. The first-order valence-electron chi connectivity index (χ1n) is 10.2. The van der Waals surface area contributed by atoms with Gasteiger partial charge in [-0.25, -0.2) is 4.98 Å². The van der Waals surface area contributed by atoms with Crippen LogP contribution in [0.25, 0.3) is 0 Å². The van der Waals surface area contributed by atoms with E-state index < -0.39 is 5.92 Å². The van der Waals surface area contributed by atoms with Gasteiger partial charge in [-0.05, 0) is 30.9 Å². The Morgan fingerprint density at radius 1 is 1.18 bits per heavy atom. The van der Waals surface area contributed by atoms with Gasteiger partial charge in [-0.15, -0.1) is 0 Å². The molecule has 1 fully saturated rings. The van der Waals surface area contributed by atoms with Gasteiger partial charge in [0.15, 0.2) is 5.82 Å². The zero-order valence-electron chi connectivity index (χ0n) is 16.7. The molecule has 2 heterocycles. The Morgan fingerprint density at radius 3 is 2.61 bits per heavy atom. The summed E-state index contributed by atoms with van der Waals surface area (Å²) in [6.07, 6.45) is 8.17. The van der Waals surface area contributed by atoms with Gasteiger partial charge in [-0.1, -0.05) is 37.5 Å². The van der Waals surface area contributed by atoms with Crippen LogP contribution in [0.5, 0.6) is 0 Å². The molecular formula is C22H28N4O2. The summed E-state index contributed by atoms with van der Waals surface area (Å²) in [5, 5.41) is 0. The first kappa shape index (κ1) is 18.7. The highest BCUT2D eigenvalue weighted by Crippen LogP contribution is 2.33. The first-order chi connectivity index (χ1) is 13.6. The van der Waals surface area contributed by atoms with Gasteiger partial charge >= 0.3 is 0 Å². The third kappa shape index (κ3) is 3.43. The number of amides is 2. The van der Waals surface area contributed by atoms with E-state index in [4.69, 9.17) is 0 Å². The summed E-state index contributed by atoms with van der Waals surface area (Å²) in [6, 6.07) is 9.50. The number of fused-ring (bicyclic) bond motifs is 1. The number of carbonyl (C=O) groups excluding carboxylic acids is 2. The average molecular weight is 380 g/mol. The number of para-hydroxylation sites is 1. The maximum atomic E-state index is 13.4. The van der Waals surface area contributed by atoms with Crippen LogP contribution in [0.4, 0.5) is 11.5 Å². The maximum absolute atomic E-state index is 13.4. The lowest BCUT2D eigenvalue weighted by molar-refractivity contribution is -0.132. The van der Waals surface area contributed by atoms with Crippen LogP contribution in [0.2, 0.25) is 0 Å². The van der Waals surface area contributed by atoms with E-state index in [9.17, 15) is 9.59 Å². The zero-order chi connectivity index (χ0) is 19.7. The number of rotatable bonds is 4. The van der Waals surface area contributed by atoms with E-state index in [0.29, 0.717) is 18.9 Å². The number of nitrogens with zero attached hydrogens (tertiary/aromatic N) is 4. The Hall–Kier alpha value is -2.63. The van der Waals surface area contributed by atoms with Gasteiger partial charge in [0.2, 0.25) is 11.8 Å². The van der Waals surface area contributed by atoms with Gasteiger partial charge in [-0.2, -0.15) is 0 Å². The second-order valence-corrected chi connectivity index (χ2v) is 8.07. The van der Waals surface area contributed by atoms with Crippen LogP contribution >= 0.6 is 0 Å². The lowest BCUT2D eigenvalue weighted by Crippen LogP contribution is -2.50. The molecule has 1 saturated carbocycles. The fraction of sp³-hybridized carbons (Fsp3) is 0.500. The molecular weight excluding hydrogens is 352 g/mol. The van der Waals surface area contributed by atoms with Crippen molar-refractivity contribution < 1.29 is 9.59 Å². The van der Waals surface area contributed by atoms with Gasteiger partial charge in [0.1, 0.15) is 5.92 Å². The van der Waals surface area contributed by atoms with E-state index in [2.05, 4.69) is 4.98 Å². The second-order valence-electron chi connectivity index (χ2n) is 8.07. The Morgan fingerprint density at radius 2 is 1.89 bits per heavy atom. The number of aryl methyl sites for hydroxylation is 1. The minimum Gasteiger partial charge on any atom is -0.336 e. The highest BCUT2D eigenvalue weighted by atomic mass is 16.2. The molecule has 0 radical (unpaired) electrons. The Balaban J connectivity index is 1.61. The summed E-state index contributed by atoms with van der Waals surface area (Å²) in [4.78, 5) is 34.5. The van der Waals surface area contributed by atoms with Crippen LogP contribution in [0.15, 0.2) is 36.7 Å². The maximum Gasteiger partial charge on any atom is 0.241 e. The average Bonchev–Trinajstić information content (AvgIpc) is 3.10. The molecule has 0 unspecified atom stereocenters. The lowest BCUT2D eigenvalue weighted by Gasteiger charge is -2.35. The molecule has 4 rings (SSSR count). The van der Waals surface area contributed by atoms with Crippen LogP contribution in [0.1, 0.15) is 37.8 Å². The molecule has 148 valence electrons. The van der Waals surface area contributed by atoms with Crippen LogP contribution < -0.4 is 9.80 Å². The van der Waals surface area contributed by atoms with E-state index in [0.717, 1.165) is 30.0 Å². The minimum atomic E-state index is -0.698. The van der Waals surface area contributed by atoms with E-state index in [1.165, 1.54) is 19.3 Å². The van der Waals surface area contributed by atoms with Crippen molar-refractivity contribution in [1.29, 1.82) is 0 Å². The molecule has 0 bridgehead atoms. The third-order valence-corrected chi connectivity index (χ3v) is 6.19. The molecule has 1 aromatic carbocycles. The SMILES string of the molecule is CN(C(=O)[C@H]1Cc2c(ncn2C)N(CC2CCCCC2)C1=O)c1ccccc1. The normalized spacial score (nSPS) is 20.1. The Labute approximate surface area is 166 Å². The quantitative estimate of drug-likeness (QED) is 0.766. The monoisotopic (exact) mass is 380 g/mol. The van der Waals surface area contributed by atoms with Crippen molar-refractivity contribution in [3.63, 3.8) is 0 Å². The lowest BCUT2D eigenvalue weighted by atomic mass is 9.87. The molecule has 0 saturated heterocycles. The van der Waals surface area contributed by atoms with Gasteiger partial charge in [0.05, 0.1) is 12.0 Å². The molecule has 1 aromatic heterocycles. The molecule has 1 aliphatic carbocycles. The Bertz CT molecular complexity index is 855. The van der Waals surface area contributed by atoms with Crippen molar-refractivity contribution in [1.82, 2.24) is 9.55 Å². The number of carbonyl (C=O) groups is 2. The molecule has 1 atom stereocenters. The second kappa shape index (κ2) is 7.78. The van der Waals surface area contributed by atoms with Crippen LogP contribution in [-0.4, -0.2) is 35.0 Å². The summed E-state index contributed by atoms with van der Waals surface area (Å²) in [7, 11) is 3.68. The zero-order valence-corrected chi connectivity index (χ0v) is 16.7. The molecule has 0 spiro atoms. The predicted octanol–water partition coefficient (Wildman–Crippen LogP) is 3.17. The Kier molecular flexibility index (Phi) is 5.20. The number of imidazole rings is 1. The number of hydrogen-bond donors (Lipinski definition) is 0. The van der Waals surface area contributed by atoms with E-state index in [1.807, 2.05) is 41.9 Å². The summed E-state index contributed by atoms with van der Waals surface area (Å²) in [6.45, 7) is 0.668. The van der Waals surface area contributed by atoms with Crippen molar-refractivity contribution >= 4 is 23.3 Å². The van der Waals surface area contributed by atoms with Gasteiger partial charge in [0.25, 0.3) is 0 Å². The van der Waals surface area contributed by atoms with Crippen molar-refractivity contribution in [2.75, 3.05) is 23.4 Å². The third-order valence-electron chi connectivity index (χ3n) is 6.19. The molecule has 2 amide bonds. The molecule has 2 aliphatic rings. The fourth-order valence-electron chi connectivity index (χ4n) is 4.49. The molecule has 6 heteroatoms. The minimum absolute atomic E-state index is 0.107. The fourth-order valence-corrected chi connectivity index (χ4v) is 4.49. The molecule has 6 nitrogen and oxygen atoms in total. The number of hydrogen-bond acceptors (Lipinski definition) is 3. The summed E-state index contributed by atoms with van der Waals surface area (Å²) in [5.74, 6) is 0.274. The van der Waals surface area contributed by atoms with Crippen LogP contribution in [0, 0.1) is 11.8 Å². The highest BCUT2D eigenvalue weighted by molar-refractivity contribution is 6.13. The molecule has 28 heavy (non-hydrogen) atoms. The first-order valence-corrected chi connectivity index (χ1v) is 10.2. The molecule has 1 aliphatic heterocycles. The van der Waals surface area contributed by atoms with Crippen molar-refractivity contribution in [3.05, 3.63) is 42.4 Å². The molecule has 2 aromatic rings.